The second kappa shape index (κ2) is 9.88. The first-order valence-corrected chi connectivity index (χ1v) is 6.50. The number of hydrogen-bond donors (Lipinski definition) is 0. The van der Waals surface area contributed by atoms with Gasteiger partial charge in [-0.25, -0.2) is 0 Å². The van der Waals surface area contributed by atoms with E-state index >= 15 is 0 Å². The van der Waals surface area contributed by atoms with Gasteiger partial charge in [0.2, 0.25) is 0 Å². The number of ether oxygens (including phenoxy) is 1. The molecule has 0 saturated heterocycles. The van der Waals surface area contributed by atoms with E-state index in [-0.39, 0.29) is 5.97 Å². The summed E-state index contributed by atoms with van der Waals surface area (Å²) < 4.78 is 5.08. The zero-order chi connectivity index (χ0) is 12.2. The van der Waals surface area contributed by atoms with Crippen LogP contribution in [0, 0.1) is 0 Å². The normalized spacial score (nSPS) is 20.1. The van der Waals surface area contributed by atoms with Gasteiger partial charge < -0.3 is 4.74 Å². The first-order chi connectivity index (χ1) is 8.39. The van der Waals surface area contributed by atoms with E-state index in [1.165, 1.54) is 0 Å². The van der Waals surface area contributed by atoms with E-state index in [1.54, 1.807) is 0 Å². The van der Waals surface area contributed by atoms with E-state index in [1.807, 2.05) is 12.2 Å². The maximum Gasteiger partial charge on any atom is 0.306 e. The van der Waals surface area contributed by atoms with Gasteiger partial charge in [-0.3, -0.25) is 4.79 Å². The molecule has 2 heteroatoms. The topological polar surface area (TPSA) is 26.3 Å². The molecule has 0 aromatic rings. The largest absolute Gasteiger partial charge is 0.461 e. The summed E-state index contributed by atoms with van der Waals surface area (Å²) in [5.41, 5.74) is 0. The Bertz CT molecular complexity index is 287. The summed E-state index contributed by atoms with van der Waals surface area (Å²) in [6.07, 6.45) is 19.5. The molecule has 17 heavy (non-hydrogen) atoms. The lowest BCUT2D eigenvalue weighted by molar-refractivity contribution is -0.142. The minimum absolute atomic E-state index is 0.0761. The van der Waals surface area contributed by atoms with Crippen LogP contribution in [0.1, 0.15) is 44.9 Å². The summed E-state index contributed by atoms with van der Waals surface area (Å²) in [7, 11) is 0. The summed E-state index contributed by atoms with van der Waals surface area (Å²) in [6, 6.07) is 0. The molecule has 0 fully saturated rings. The van der Waals surface area contributed by atoms with Crippen molar-refractivity contribution in [2.24, 2.45) is 0 Å². The van der Waals surface area contributed by atoms with Crippen molar-refractivity contribution in [2.45, 2.75) is 44.9 Å². The first kappa shape index (κ1) is 13.8. The molecular formula is C15H22O2. The molecule has 0 radical (unpaired) electrons. The molecule has 0 aliphatic carbocycles. The molecular weight excluding hydrogens is 212 g/mol. The number of cyclic esters (lactones) is 1. The summed E-state index contributed by atoms with van der Waals surface area (Å²) in [5, 5.41) is 0. The molecule has 0 amide bonds. The van der Waals surface area contributed by atoms with Crippen molar-refractivity contribution in [3.8, 4) is 0 Å². The molecule has 0 spiro atoms. The molecule has 1 rings (SSSR count). The van der Waals surface area contributed by atoms with Gasteiger partial charge in [0.15, 0.2) is 0 Å². The molecule has 0 aromatic heterocycles. The van der Waals surface area contributed by atoms with Gasteiger partial charge in [0.1, 0.15) is 6.61 Å². The van der Waals surface area contributed by atoms with Crippen LogP contribution in [0.2, 0.25) is 0 Å². The third kappa shape index (κ3) is 8.49. The Morgan fingerprint density at radius 2 is 1.53 bits per heavy atom. The number of esters is 1. The Morgan fingerprint density at radius 3 is 2.35 bits per heavy atom. The molecule has 2 nitrogen and oxygen atoms in total. The van der Waals surface area contributed by atoms with Gasteiger partial charge in [-0.05, 0) is 32.1 Å². The zero-order valence-electron chi connectivity index (χ0n) is 10.4. The third-order valence-electron chi connectivity index (χ3n) is 2.64. The molecule has 1 heterocycles. The van der Waals surface area contributed by atoms with E-state index < -0.39 is 0 Å². The number of carbonyl (C=O) groups is 1. The second-order valence-electron chi connectivity index (χ2n) is 4.17. The van der Waals surface area contributed by atoms with Crippen molar-refractivity contribution in [3.05, 3.63) is 36.5 Å². The minimum atomic E-state index is -0.0761. The maximum atomic E-state index is 11.3. The molecule has 1 aliphatic heterocycles. The first-order valence-electron chi connectivity index (χ1n) is 6.50. The lowest BCUT2D eigenvalue weighted by Crippen LogP contribution is -2.03. The summed E-state index contributed by atoms with van der Waals surface area (Å²) in [4.78, 5) is 11.3. The highest BCUT2D eigenvalue weighted by atomic mass is 16.5. The van der Waals surface area contributed by atoms with Crippen molar-refractivity contribution in [3.63, 3.8) is 0 Å². The Morgan fingerprint density at radius 1 is 0.824 bits per heavy atom. The Labute approximate surface area is 104 Å². The van der Waals surface area contributed by atoms with Gasteiger partial charge in [0.25, 0.3) is 0 Å². The summed E-state index contributed by atoms with van der Waals surface area (Å²) in [5.74, 6) is -0.0761. The zero-order valence-corrected chi connectivity index (χ0v) is 10.4. The Hall–Kier alpha value is -1.31. The van der Waals surface area contributed by atoms with Crippen LogP contribution >= 0.6 is 0 Å². The van der Waals surface area contributed by atoms with Crippen LogP contribution in [0.15, 0.2) is 36.5 Å². The van der Waals surface area contributed by atoms with Gasteiger partial charge in [0.05, 0.1) is 0 Å². The van der Waals surface area contributed by atoms with Gasteiger partial charge in [-0.15, -0.1) is 0 Å². The standard InChI is InChI=1S/C15H22O2/c16-15-13-11-9-7-5-3-1-2-4-6-8-10-12-14-17-15/h1,3-4,6,10,12H,2,5,7-9,11,13-14H2. The molecule has 94 valence electrons. The summed E-state index contributed by atoms with van der Waals surface area (Å²) >= 11 is 0. The van der Waals surface area contributed by atoms with Gasteiger partial charge in [0, 0.05) is 6.42 Å². The van der Waals surface area contributed by atoms with E-state index in [9.17, 15) is 4.79 Å². The van der Waals surface area contributed by atoms with Gasteiger partial charge >= 0.3 is 5.97 Å². The molecule has 0 aromatic carbocycles. The highest BCUT2D eigenvalue weighted by Gasteiger charge is 2.00. The average Bonchev–Trinajstić information content (AvgIpc) is 2.32. The van der Waals surface area contributed by atoms with E-state index in [2.05, 4.69) is 24.3 Å². The quantitative estimate of drug-likeness (QED) is 0.468. The summed E-state index contributed by atoms with van der Waals surface area (Å²) in [6.45, 7) is 0.409. The van der Waals surface area contributed by atoms with Crippen LogP contribution in [0.4, 0.5) is 0 Å². The SMILES string of the molecule is O=C1CCCCCC=CCC=CCC=CCO1. The minimum Gasteiger partial charge on any atom is -0.461 e. The molecule has 0 bridgehead atoms. The second-order valence-corrected chi connectivity index (χ2v) is 4.17. The lowest BCUT2D eigenvalue weighted by Gasteiger charge is -2.01. The van der Waals surface area contributed by atoms with Crippen LogP contribution in [-0.4, -0.2) is 12.6 Å². The average molecular weight is 234 g/mol. The van der Waals surface area contributed by atoms with Gasteiger partial charge in [-0.1, -0.05) is 42.9 Å². The Kier molecular flexibility index (Phi) is 8.00. The van der Waals surface area contributed by atoms with E-state index in [0.717, 1.165) is 38.5 Å². The van der Waals surface area contributed by atoms with Crippen molar-refractivity contribution in [1.29, 1.82) is 0 Å². The Balaban J connectivity index is 2.33. The maximum absolute atomic E-state index is 11.3. The number of allylic oxidation sites excluding steroid dienone is 5. The highest BCUT2D eigenvalue weighted by Crippen LogP contribution is 2.05. The lowest BCUT2D eigenvalue weighted by atomic mass is 10.1. The smallest absolute Gasteiger partial charge is 0.306 e. The molecule has 0 saturated carbocycles. The fourth-order valence-electron chi connectivity index (χ4n) is 1.65. The number of carbonyl (C=O) groups excluding carboxylic acids is 1. The number of hydrogen-bond acceptors (Lipinski definition) is 2. The predicted molar refractivity (Wildman–Crippen MR) is 70.7 cm³/mol. The van der Waals surface area contributed by atoms with Crippen molar-refractivity contribution in [1.82, 2.24) is 0 Å². The molecule has 0 atom stereocenters. The van der Waals surface area contributed by atoms with Crippen molar-refractivity contribution in [2.75, 3.05) is 6.61 Å². The molecule has 0 unspecified atom stereocenters. The van der Waals surface area contributed by atoms with E-state index in [4.69, 9.17) is 4.74 Å². The molecule has 0 N–H and O–H groups in total. The van der Waals surface area contributed by atoms with Crippen LogP contribution in [0.3, 0.4) is 0 Å². The van der Waals surface area contributed by atoms with Crippen LogP contribution in [-0.2, 0) is 9.53 Å². The van der Waals surface area contributed by atoms with Crippen molar-refractivity contribution < 1.29 is 9.53 Å². The van der Waals surface area contributed by atoms with Gasteiger partial charge in [-0.2, -0.15) is 0 Å². The molecule has 1 aliphatic rings. The third-order valence-corrected chi connectivity index (χ3v) is 2.64. The highest BCUT2D eigenvalue weighted by molar-refractivity contribution is 5.69. The van der Waals surface area contributed by atoms with Crippen LogP contribution < -0.4 is 0 Å². The van der Waals surface area contributed by atoms with Crippen LogP contribution in [0.5, 0.6) is 0 Å². The van der Waals surface area contributed by atoms with Crippen LogP contribution in [0.25, 0.3) is 0 Å². The predicted octanol–water partition coefficient (Wildman–Crippen LogP) is 3.94. The number of rotatable bonds is 0. The van der Waals surface area contributed by atoms with Crippen molar-refractivity contribution >= 4 is 5.97 Å². The fourth-order valence-corrected chi connectivity index (χ4v) is 1.65. The fraction of sp³-hybridized carbons (Fsp3) is 0.533. The van der Waals surface area contributed by atoms with E-state index in [0.29, 0.717) is 13.0 Å². The monoisotopic (exact) mass is 234 g/mol.